The van der Waals surface area contributed by atoms with Crippen LogP contribution >= 0.6 is 11.3 Å². The minimum absolute atomic E-state index is 0.0388. The van der Waals surface area contributed by atoms with E-state index in [-0.39, 0.29) is 46.5 Å². The molecule has 0 radical (unpaired) electrons. The number of amidine groups is 1. The Kier molecular flexibility index (Phi) is 9.74. The third-order valence-corrected chi connectivity index (χ3v) is 6.87. The first-order chi connectivity index (χ1) is 18.5. The molecule has 0 bridgehead atoms. The van der Waals surface area contributed by atoms with Gasteiger partial charge in [-0.1, -0.05) is 5.16 Å². The Bertz CT molecular complexity index is 1350. The van der Waals surface area contributed by atoms with Crippen LogP contribution in [0, 0.1) is 5.41 Å². The molecular formula is C21H25N7O9S2. The Morgan fingerprint density at radius 2 is 2.03 bits per heavy atom. The van der Waals surface area contributed by atoms with Crippen molar-refractivity contribution in [3.8, 4) is 5.75 Å². The highest BCUT2D eigenvalue weighted by Gasteiger charge is 2.51. The van der Waals surface area contributed by atoms with Gasteiger partial charge in [0.25, 0.3) is 18.3 Å². The Morgan fingerprint density at radius 3 is 2.62 bits per heavy atom. The number of nitrogen functional groups attached to an aromatic ring is 1. The molecule has 16 nitrogen and oxygen atoms in total. The maximum absolute atomic E-state index is 12.8. The van der Waals surface area contributed by atoms with Gasteiger partial charge in [0.2, 0.25) is 0 Å². The molecule has 2 heterocycles. The van der Waals surface area contributed by atoms with Gasteiger partial charge >= 0.3 is 10.3 Å². The Hall–Kier alpha value is -4.29. The molecule has 2 amide bonds. The number of oxime groups is 1. The smallest absolute Gasteiger partial charge is 0.362 e. The highest BCUT2D eigenvalue weighted by atomic mass is 32.2. The summed E-state index contributed by atoms with van der Waals surface area (Å²) in [6, 6.07) is 4.36. The molecule has 1 aromatic heterocycles. The number of hydrogen-bond acceptors (Lipinski definition) is 13. The number of hydrogen-bond donors (Lipinski definition) is 5. The number of nitrogens with one attached hydrogen (secondary N) is 3. The zero-order valence-electron chi connectivity index (χ0n) is 20.4. The lowest BCUT2D eigenvalue weighted by Crippen LogP contribution is -2.71. The van der Waals surface area contributed by atoms with E-state index in [9.17, 15) is 22.8 Å². The van der Waals surface area contributed by atoms with Crippen LogP contribution in [-0.4, -0.2) is 90.5 Å². The van der Waals surface area contributed by atoms with Gasteiger partial charge in [0, 0.05) is 10.9 Å². The van der Waals surface area contributed by atoms with Gasteiger partial charge in [-0.3, -0.25) is 24.3 Å². The number of ether oxygens (including phenoxy) is 2. The number of nitrogens with two attached hydrogens (primary N) is 1. The predicted molar refractivity (Wildman–Crippen MR) is 138 cm³/mol. The zero-order chi connectivity index (χ0) is 28.6. The van der Waals surface area contributed by atoms with Crippen LogP contribution < -0.4 is 21.1 Å². The molecular weight excluding hydrogens is 558 g/mol. The molecule has 6 N–H and O–H groups in total. The summed E-state index contributed by atoms with van der Waals surface area (Å²) in [6.45, 7) is 2.05. The molecule has 210 valence electrons. The molecule has 18 heteroatoms. The molecule has 1 aliphatic heterocycles. The van der Waals surface area contributed by atoms with Crippen LogP contribution in [0.4, 0.5) is 5.13 Å². The fourth-order valence-corrected chi connectivity index (χ4v) is 4.75. The van der Waals surface area contributed by atoms with Crippen molar-refractivity contribution in [2.24, 2.45) is 5.16 Å². The van der Waals surface area contributed by atoms with E-state index in [1.807, 2.05) is 0 Å². The van der Waals surface area contributed by atoms with E-state index in [1.165, 1.54) is 12.3 Å². The molecule has 2 atom stereocenters. The van der Waals surface area contributed by atoms with Crippen LogP contribution in [0.25, 0.3) is 0 Å². The first kappa shape index (κ1) is 29.3. The molecule has 39 heavy (non-hydrogen) atoms. The fourth-order valence-electron chi connectivity index (χ4n) is 3.32. The fraction of sp³-hybridized carbons (Fsp3) is 0.333. The maximum Gasteiger partial charge on any atom is 0.362 e. The molecule has 2 aromatic rings. The average Bonchev–Trinajstić information content (AvgIpc) is 3.32. The lowest BCUT2D eigenvalue weighted by Gasteiger charge is -2.42. The van der Waals surface area contributed by atoms with Gasteiger partial charge in [-0.25, -0.2) is 9.29 Å². The number of rotatable bonds is 14. The van der Waals surface area contributed by atoms with Crippen LogP contribution in [-0.2, 0) is 34.3 Å². The van der Waals surface area contributed by atoms with E-state index in [4.69, 9.17) is 25.3 Å². The van der Waals surface area contributed by atoms with Gasteiger partial charge in [0.1, 0.15) is 36.5 Å². The van der Waals surface area contributed by atoms with Crippen molar-refractivity contribution < 1.29 is 41.7 Å². The van der Waals surface area contributed by atoms with Gasteiger partial charge < -0.3 is 30.7 Å². The van der Waals surface area contributed by atoms with Crippen LogP contribution in [0.3, 0.4) is 0 Å². The molecule has 1 saturated heterocycles. The molecule has 0 saturated carbocycles. The van der Waals surface area contributed by atoms with E-state index >= 15 is 0 Å². The maximum atomic E-state index is 12.8. The van der Waals surface area contributed by atoms with E-state index in [2.05, 4.69) is 25.5 Å². The van der Waals surface area contributed by atoms with E-state index < -0.39 is 34.2 Å². The number of thiazole rings is 1. The number of amides is 2. The summed E-state index contributed by atoms with van der Waals surface area (Å²) in [5.74, 6) is -1.25. The average molecular weight is 584 g/mol. The summed E-state index contributed by atoms with van der Waals surface area (Å²) in [7, 11) is -4.75. The van der Waals surface area contributed by atoms with Crippen molar-refractivity contribution in [3.63, 3.8) is 0 Å². The number of nitrogens with zero attached hydrogens (tertiary/aromatic N) is 3. The van der Waals surface area contributed by atoms with Gasteiger partial charge in [-0.15, -0.1) is 11.3 Å². The lowest BCUT2D eigenvalue weighted by atomic mass is 10.0. The molecule has 1 aromatic carbocycles. The normalized spacial score (nSPS) is 17.1. The van der Waals surface area contributed by atoms with Gasteiger partial charge in [0.15, 0.2) is 17.5 Å². The largest absolute Gasteiger partial charge is 0.490 e. The summed E-state index contributed by atoms with van der Waals surface area (Å²) < 4.78 is 42.0. The second-order valence-corrected chi connectivity index (χ2v) is 9.97. The zero-order valence-corrected chi connectivity index (χ0v) is 22.0. The molecule has 1 fully saturated rings. The van der Waals surface area contributed by atoms with Gasteiger partial charge in [-0.2, -0.15) is 8.42 Å². The highest BCUT2D eigenvalue weighted by molar-refractivity contribution is 7.84. The van der Waals surface area contributed by atoms with Crippen molar-refractivity contribution in [1.29, 1.82) is 5.41 Å². The van der Waals surface area contributed by atoms with Crippen molar-refractivity contribution in [3.05, 3.63) is 40.9 Å². The number of carbonyl (C=O) groups excluding carboxylic acids is 3. The molecule has 0 aliphatic carbocycles. The summed E-state index contributed by atoms with van der Waals surface area (Å²) in [6.07, 6.45) is 0. The van der Waals surface area contributed by atoms with E-state index in [0.29, 0.717) is 24.3 Å². The molecule has 1 aliphatic rings. The number of aromatic nitrogens is 1. The first-order valence-electron chi connectivity index (χ1n) is 11.2. The highest BCUT2D eigenvalue weighted by Crippen LogP contribution is 2.23. The molecule has 3 rings (SSSR count). The standard InChI is InChI=1S/C21H25N7O9S2/c1-12-16(20(31)28(12)39(32,33)34)26-19(30)17(15-10-38-21(23)25-15)27-37-9-8-36-14-4-2-13(3-5-14)18(22)24-6-7-35-11-29/h2-5,10-12,16H,6-9H2,1H3,(H2,22,24)(H2,23,25)(H,26,30)(H,32,33,34)/b27-17-/t12-,16-/m0/s1. The number of benzene rings is 1. The monoisotopic (exact) mass is 583 g/mol. The van der Waals surface area contributed by atoms with Crippen molar-refractivity contribution in [2.75, 3.05) is 32.1 Å². The SMILES string of the molecule is C[C@H]1[C@H](NC(=O)/C(=N\OCCOc2ccc(C(=N)NCCOC=O)cc2)c2csc(N)n2)C(=O)N1S(=O)(=O)O. The number of β-lactam (4-membered cyclic amide) rings is 1. The summed E-state index contributed by atoms with van der Waals surface area (Å²) in [5, 5.41) is 18.5. The lowest BCUT2D eigenvalue weighted by molar-refractivity contribution is -0.143. The second kappa shape index (κ2) is 13.0. The number of carbonyl (C=O) groups is 3. The summed E-state index contributed by atoms with van der Waals surface area (Å²) in [5.41, 5.74) is 6.00. The van der Waals surface area contributed by atoms with Crippen molar-refractivity contribution >= 4 is 56.6 Å². The third kappa shape index (κ3) is 7.62. The Morgan fingerprint density at radius 1 is 1.31 bits per heavy atom. The topological polar surface area (TPSA) is 236 Å². The van der Waals surface area contributed by atoms with Crippen LogP contribution in [0.2, 0.25) is 0 Å². The molecule has 0 unspecified atom stereocenters. The quantitative estimate of drug-likeness (QED) is 0.0347. The van der Waals surface area contributed by atoms with E-state index in [0.717, 1.165) is 11.3 Å². The summed E-state index contributed by atoms with van der Waals surface area (Å²) in [4.78, 5) is 44.2. The van der Waals surface area contributed by atoms with Gasteiger partial charge in [-0.05, 0) is 31.2 Å². The minimum atomic E-state index is -4.75. The van der Waals surface area contributed by atoms with Crippen molar-refractivity contribution in [1.82, 2.24) is 19.9 Å². The van der Waals surface area contributed by atoms with Crippen LogP contribution in [0.5, 0.6) is 5.75 Å². The first-order valence-corrected chi connectivity index (χ1v) is 13.4. The Balaban J connectivity index is 1.53. The second-order valence-electron chi connectivity index (χ2n) is 7.79. The predicted octanol–water partition coefficient (Wildman–Crippen LogP) is -0.869. The van der Waals surface area contributed by atoms with Crippen LogP contribution in [0.1, 0.15) is 18.2 Å². The number of anilines is 1. The minimum Gasteiger partial charge on any atom is -0.490 e. The summed E-state index contributed by atoms with van der Waals surface area (Å²) >= 11 is 1.04. The van der Waals surface area contributed by atoms with Crippen molar-refractivity contribution in [2.45, 2.75) is 19.0 Å². The third-order valence-electron chi connectivity index (χ3n) is 5.18. The Labute approximate surface area is 226 Å². The van der Waals surface area contributed by atoms with E-state index in [1.54, 1.807) is 24.3 Å². The van der Waals surface area contributed by atoms with Crippen LogP contribution in [0.15, 0.2) is 34.8 Å². The van der Waals surface area contributed by atoms with Gasteiger partial charge in [0.05, 0.1) is 12.6 Å². The molecule has 0 spiro atoms.